The summed E-state index contributed by atoms with van der Waals surface area (Å²) in [6.45, 7) is 0. The van der Waals surface area contributed by atoms with Gasteiger partial charge in [0.25, 0.3) is 0 Å². The first-order chi connectivity index (χ1) is 17.8. The number of rotatable bonds is 7. The number of hydrogen-bond acceptors (Lipinski definition) is 7. The minimum absolute atomic E-state index is 0.00991. The summed E-state index contributed by atoms with van der Waals surface area (Å²) in [4.78, 5) is 16.5. The molecule has 6 rings (SSSR count). The molecule has 37 heavy (non-hydrogen) atoms. The molecule has 4 heterocycles. The molecule has 9 nitrogen and oxygen atoms in total. The Morgan fingerprint density at radius 2 is 1.68 bits per heavy atom. The molecule has 0 saturated heterocycles. The fourth-order valence-electron chi connectivity index (χ4n) is 4.97. The summed E-state index contributed by atoms with van der Waals surface area (Å²) in [5.74, 6) is 1.17. The van der Waals surface area contributed by atoms with E-state index >= 15 is 0 Å². The molecule has 192 valence electrons. The molecule has 0 aromatic carbocycles. The smallest absolute Gasteiger partial charge is 0.214 e. The molecule has 2 saturated carbocycles. The lowest BCUT2D eigenvalue weighted by atomic mass is 9.92. The first-order valence-corrected chi connectivity index (χ1v) is 14.4. The Hall–Kier alpha value is -3.21. The van der Waals surface area contributed by atoms with Gasteiger partial charge in [0.2, 0.25) is 10.0 Å². The van der Waals surface area contributed by atoms with Gasteiger partial charge in [-0.25, -0.2) is 28.1 Å². The molecule has 0 radical (unpaired) electrons. The number of nitrogens with two attached hydrogens (primary N) is 1. The van der Waals surface area contributed by atoms with Crippen molar-refractivity contribution in [1.29, 1.82) is 0 Å². The highest BCUT2D eigenvalue weighted by molar-refractivity contribution is 7.90. The van der Waals surface area contributed by atoms with Crippen LogP contribution < -0.4 is 15.8 Å². The number of sulfonamides is 1. The van der Waals surface area contributed by atoms with E-state index in [1.54, 1.807) is 12.3 Å². The number of anilines is 2. The highest BCUT2D eigenvalue weighted by atomic mass is 35.5. The Morgan fingerprint density at radius 1 is 0.919 bits per heavy atom. The van der Waals surface area contributed by atoms with Gasteiger partial charge in [-0.15, -0.1) is 0 Å². The Kier molecular flexibility index (Phi) is 6.26. The third kappa shape index (κ3) is 5.27. The third-order valence-corrected chi connectivity index (χ3v) is 9.33. The SMILES string of the molecule is Nc1ccc(-c2cnc3[nH]cc(-c4cc(Cl)nc(NC5CCC(NS(=O)(=O)C6CC6)CC5)c4)c3c2)cn1. The Balaban J connectivity index is 1.20. The quantitative estimate of drug-likeness (QED) is 0.250. The highest BCUT2D eigenvalue weighted by Crippen LogP contribution is 2.34. The van der Waals surface area contributed by atoms with E-state index in [2.05, 4.69) is 36.0 Å². The number of hydrogen-bond donors (Lipinski definition) is 4. The van der Waals surface area contributed by atoms with Crippen molar-refractivity contribution in [2.75, 3.05) is 11.1 Å². The zero-order chi connectivity index (χ0) is 25.6. The maximum Gasteiger partial charge on any atom is 0.214 e. The zero-order valence-electron chi connectivity index (χ0n) is 20.1. The molecule has 0 unspecified atom stereocenters. The van der Waals surface area contributed by atoms with Crippen molar-refractivity contribution in [2.24, 2.45) is 0 Å². The predicted molar refractivity (Wildman–Crippen MR) is 147 cm³/mol. The molecule has 11 heteroatoms. The van der Waals surface area contributed by atoms with Gasteiger partial charge >= 0.3 is 0 Å². The summed E-state index contributed by atoms with van der Waals surface area (Å²) in [5.41, 5.74) is 10.3. The van der Waals surface area contributed by atoms with Crippen LogP contribution in [0.5, 0.6) is 0 Å². The van der Waals surface area contributed by atoms with Gasteiger partial charge in [-0.1, -0.05) is 11.6 Å². The van der Waals surface area contributed by atoms with Crippen molar-refractivity contribution < 1.29 is 8.42 Å². The van der Waals surface area contributed by atoms with Crippen molar-refractivity contribution in [1.82, 2.24) is 24.7 Å². The van der Waals surface area contributed by atoms with Crippen LogP contribution in [-0.2, 0) is 10.0 Å². The van der Waals surface area contributed by atoms with E-state index in [0.29, 0.717) is 16.8 Å². The lowest BCUT2D eigenvalue weighted by Crippen LogP contribution is -2.41. The zero-order valence-corrected chi connectivity index (χ0v) is 21.7. The van der Waals surface area contributed by atoms with Crippen LogP contribution in [0.25, 0.3) is 33.3 Å². The second-order valence-corrected chi connectivity index (χ2v) is 12.3. The molecule has 5 N–H and O–H groups in total. The fraction of sp³-hybridized carbons (Fsp3) is 0.346. The topological polar surface area (TPSA) is 139 Å². The summed E-state index contributed by atoms with van der Waals surface area (Å²) < 4.78 is 27.4. The molecule has 0 atom stereocenters. The van der Waals surface area contributed by atoms with E-state index in [9.17, 15) is 8.42 Å². The molecule has 2 fully saturated rings. The van der Waals surface area contributed by atoms with Crippen LogP contribution in [0.4, 0.5) is 11.6 Å². The van der Waals surface area contributed by atoms with Crippen molar-refractivity contribution in [3.63, 3.8) is 0 Å². The van der Waals surface area contributed by atoms with E-state index in [1.807, 2.05) is 30.6 Å². The van der Waals surface area contributed by atoms with Gasteiger partial charge in [0.15, 0.2) is 0 Å². The number of H-pyrrole nitrogens is 1. The van der Waals surface area contributed by atoms with Gasteiger partial charge in [-0.2, -0.15) is 0 Å². The van der Waals surface area contributed by atoms with Gasteiger partial charge in [-0.05, 0) is 74.4 Å². The maximum absolute atomic E-state index is 12.3. The van der Waals surface area contributed by atoms with Crippen LogP contribution in [0.1, 0.15) is 38.5 Å². The summed E-state index contributed by atoms with van der Waals surface area (Å²) >= 11 is 6.44. The van der Waals surface area contributed by atoms with Crippen LogP contribution in [-0.4, -0.2) is 45.7 Å². The molecular weight excluding hydrogens is 510 g/mol. The molecule has 0 aliphatic heterocycles. The number of nitrogens with one attached hydrogen (secondary N) is 3. The van der Waals surface area contributed by atoms with Crippen LogP contribution in [0.2, 0.25) is 5.15 Å². The van der Waals surface area contributed by atoms with Crippen molar-refractivity contribution >= 4 is 44.3 Å². The Labute approximate surface area is 220 Å². The lowest BCUT2D eigenvalue weighted by Gasteiger charge is -2.30. The normalized spacial score (nSPS) is 20.2. The number of pyridine rings is 3. The number of nitrogens with zero attached hydrogens (tertiary/aromatic N) is 3. The average Bonchev–Trinajstić information content (AvgIpc) is 3.66. The van der Waals surface area contributed by atoms with Crippen molar-refractivity contribution in [3.8, 4) is 22.3 Å². The number of nitrogen functional groups attached to an aromatic ring is 1. The summed E-state index contributed by atoms with van der Waals surface area (Å²) in [5, 5.41) is 4.69. The van der Waals surface area contributed by atoms with E-state index in [4.69, 9.17) is 17.3 Å². The fourth-order valence-corrected chi connectivity index (χ4v) is 6.83. The number of aromatic nitrogens is 4. The molecule has 0 spiro atoms. The van der Waals surface area contributed by atoms with E-state index in [1.165, 1.54) is 0 Å². The molecule has 4 aromatic heterocycles. The maximum atomic E-state index is 12.3. The van der Waals surface area contributed by atoms with Crippen molar-refractivity contribution in [3.05, 3.63) is 54.1 Å². The van der Waals surface area contributed by atoms with Crippen LogP contribution in [0.3, 0.4) is 0 Å². The third-order valence-electron chi connectivity index (χ3n) is 7.13. The van der Waals surface area contributed by atoms with E-state index in [-0.39, 0.29) is 17.3 Å². The van der Waals surface area contributed by atoms with Gasteiger partial charge in [0, 0.05) is 52.8 Å². The number of halogens is 1. The second kappa shape index (κ2) is 9.59. The molecule has 2 aliphatic carbocycles. The minimum Gasteiger partial charge on any atom is -0.384 e. The molecule has 0 bridgehead atoms. The average molecular weight is 538 g/mol. The second-order valence-electron chi connectivity index (χ2n) is 9.91. The van der Waals surface area contributed by atoms with Gasteiger partial charge in [-0.3, -0.25) is 0 Å². The Bertz CT molecular complexity index is 1540. The molecule has 4 aromatic rings. The predicted octanol–water partition coefficient (Wildman–Crippen LogP) is 4.73. The van der Waals surface area contributed by atoms with Crippen LogP contribution >= 0.6 is 11.6 Å². The highest BCUT2D eigenvalue weighted by Gasteiger charge is 2.37. The van der Waals surface area contributed by atoms with Gasteiger partial charge in [0.05, 0.1) is 5.25 Å². The monoisotopic (exact) mass is 537 g/mol. The Morgan fingerprint density at radius 3 is 2.41 bits per heavy atom. The molecule has 0 amide bonds. The largest absolute Gasteiger partial charge is 0.384 e. The van der Waals surface area contributed by atoms with E-state index < -0.39 is 10.0 Å². The van der Waals surface area contributed by atoms with Crippen molar-refractivity contribution in [2.45, 2.75) is 55.9 Å². The summed E-state index contributed by atoms with van der Waals surface area (Å²) in [6.07, 6.45) is 10.3. The number of aromatic amines is 1. The molecular formula is C26H28ClN7O2S. The first-order valence-electron chi connectivity index (χ1n) is 12.5. The van der Waals surface area contributed by atoms with Gasteiger partial charge in [0.1, 0.15) is 22.4 Å². The molecule has 2 aliphatic rings. The van der Waals surface area contributed by atoms with Gasteiger partial charge < -0.3 is 16.0 Å². The van der Waals surface area contributed by atoms with E-state index in [0.717, 1.165) is 71.8 Å². The van der Waals surface area contributed by atoms with Crippen LogP contribution in [0, 0.1) is 0 Å². The minimum atomic E-state index is -3.16. The number of fused-ring (bicyclic) bond motifs is 1. The summed E-state index contributed by atoms with van der Waals surface area (Å²) in [6, 6.07) is 9.82. The first kappa shape index (κ1) is 24.1. The van der Waals surface area contributed by atoms with Crippen LogP contribution in [0.15, 0.2) is 48.9 Å². The summed E-state index contributed by atoms with van der Waals surface area (Å²) in [7, 11) is -3.16. The lowest BCUT2D eigenvalue weighted by molar-refractivity contribution is 0.386. The standard InChI is InChI=1S/C26H28ClN7O2S/c27-23-10-16(22-14-31-26-21(22)9-17(13-30-26)15-1-8-24(28)29-12-15)11-25(33-23)32-18-2-4-19(5-3-18)34-37(35,36)20-6-7-20/h1,8-14,18-20,34H,2-7H2,(H2,28,29)(H,30,31)(H,32,33).